The molecule has 0 aromatic heterocycles. The van der Waals surface area contributed by atoms with Crippen molar-refractivity contribution in [3.8, 4) is 0 Å². The molecule has 1 aliphatic rings. The van der Waals surface area contributed by atoms with E-state index in [1.54, 1.807) is 12.1 Å². The molecule has 0 radical (unpaired) electrons. The van der Waals surface area contributed by atoms with Gasteiger partial charge in [-0.2, -0.15) is 0 Å². The SMILES string of the molecule is NC(=O)c1ccc(NC(=O)COC(=O)C[C@H]2C=CCC2)cc1. The van der Waals surface area contributed by atoms with Crippen molar-refractivity contribution >= 4 is 23.5 Å². The van der Waals surface area contributed by atoms with E-state index in [2.05, 4.69) is 5.32 Å². The van der Waals surface area contributed by atoms with Crippen molar-refractivity contribution in [2.75, 3.05) is 11.9 Å². The van der Waals surface area contributed by atoms with Crippen LogP contribution in [0.25, 0.3) is 0 Å². The van der Waals surface area contributed by atoms with Gasteiger partial charge in [0.15, 0.2) is 6.61 Å². The van der Waals surface area contributed by atoms with E-state index < -0.39 is 11.8 Å². The molecule has 0 saturated heterocycles. The molecule has 2 rings (SSSR count). The molecule has 1 atom stereocenters. The van der Waals surface area contributed by atoms with Crippen LogP contribution in [0, 0.1) is 5.92 Å². The van der Waals surface area contributed by atoms with Gasteiger partial charge < -0.3 is 15.8 Å². The molecule has 0 unspecified atom stereocenters. The Morgan fingerprint density at radius 2 is 1.95 bits per heavy atom. The van der Waals surface area contributed by atoms with Crippen molar-refractivity contribution < 1.29 is 19.1 Å². The number of benzene rings is 1. The van der Waals surface area contributed by atoms with Crippen molar-refractivity contribution in [3.05, 3.63) is 42.0 Å². The first-order valence-corrected chi connectivity index (χ1v) is 7.06. The average molecular weight is 302 g/mol. The van der Waals surface area contributed by atoms with Crippen molar-refractivity contribution in [2.24, 2.45) is 11.7 Å². The lowest BCUT2D eigenvalue weighted by molar-refractivity contribution is -0.147. The van der Waals surface area contributed by atoms with Crippen LogP contribution < -0.4 is 11.1 Å². The van der Waals surface area contributed by atoms with E-state index >= 15 is 0 Å². The number of hydrogen-bond donors (Lipinski definition) is 2. The minimum absolute atomic E-state index is 0.219. The van der Waals surface area contributed by atoms with Crippen LogP contribution in [0.4, 0.5) is 5.69 Å². The Balaban J connectivity index is 1.74. The Hall–Kier alpha value is -2.63. The number of anilines is 1. The molecular weight excluding hydrogens is 284 g/mol. The second kappa shape index (κ2) is 7.40. The first-order valence-electron chi connectivity index (χ1n) is 7.06. The molecule has 2 amide bonds. The third kappa shape index (κ3) is 4.73. The van der Waals surface area contributed by atoms with E-state index in [1.165, 1.54) is 12.1 Å². The van der Waals surface area contributed by atoms with Crippen molar-refractivity contribution in [1.82, 2.24) is 0 Å². The molecule has 6 nitrogen and oxygen atoms in total. The summed E-state index contributed by atoms with van der Waals surface area (Å²) in [7, 11) is 0. The molecule has 116 valence electrons. The number of primary amides is 1. The molecule has 6 heteroatoms. The average Bonchev–Trinajstić information content (AvgIpc) is 2.98. The molecule has 0 aliphatic heterocycles. The van der Waals surface area contributed by atoms with E-state index in [-0.39, 0.29) is 18.5 Å². The largest absolute Gasteiger partial charge is 0.456 e. The number of amides is 2. The number of carbonyl (C=O) groups excluding carboxylic acids is 3. The highest BCUT2D eigenvalue weighted by Gasteiger charge is 2.16. The quantitative estimate of drug-likeness (QED) is 0.616. The van der Waals surface area contributed by atoms with Crippen molar-refractivity contribution in [3.63, 3.8) is 0 Å². The molecule has 0 heterocycles. The highest BCUT2D eigenvalue weighted by molar-refractivity contribution is 5.95. The molecule has 1 aliphatic carbocycles. The van der Waals surface area contributed by atoms with Gasteiger partial charge in [-0.15, -0.1) is 0 Å². The van der Waals surface area contributed by atoms with Crippen LogP contribution in [0.15, 0.2) is 36.4 Å². The lowest BCUT2D eigenvalue weighted by atomic mass is 10.1. The summed E-state index contributed by atoms with van der Waals surface area (Å²) in [6.45, 7) is -0.327. The predicted octanol–water partition coefficient (Wildman–Crippen LogP) is 1.62. The fraction of sp³-hybridized carbons (Fsp3) is 0.312. The van der Waals surface area contributed by atoms with Crippen LogP contribution in [0.5, 0.6) is 0 Å². The van der Waals surface area contributed by atoms with Crippen LogP contribution in [0.3, 0.4) is 0 Å². The van der Waals surface area contributed by atoms with E-state index in [1.807, 2.05) is 12.2 Å². The third-order valence-electron chi connectivity index (χ3n) is 3.36. The van der Waals surface area contributed by atoms with Crippen LogP contribution in [0.2, 0.25) is 0 Å². The maximum absolute atomic E-state index is 11.7. The number of rotatable bonds is 6. The number of nitrogens with two attached hydrogens (primary N) is 1. The second-order valence-electron chi connectivity index (χ2n) is 5.12. The van der Waals surface area contributed by atoms with Gasteiger partial charge in [0.05, 0.1) is 6.42 Å². The van der Waals surface area contributed by atoms with Crippen molar-refractivity contribution in [1.29, 1.82) is 0 Å². The Kier molecular flexibility index (Phi) is 5.30. The third-order valence-corrected chi connectivity index (χ3v) is 3.36. The summed E-state index contributed by atoms with van der Waals surface area (Å²) in [5, 5.41) is 2.57. The van der Waals surface area contributed by atoms with Crippen LogP contribution in [-0.2, 0) is 14.3 Å². The lowest BCUT2D eigenvalue weighted by Gasteiger charge is -2.09. The Labute approximate surface area is 128 Å². The summed E-state index contributed by atoms with van der Waals surface area (Å²) in [5.74, 6) is -1.12. The zero-order chi connectivity index (χ0) is 15.9. The van der Waals surface area contributed by atoms with Gasteiger partial charge in [0.25, 0.3) is 5.91 Å². The highest BCUT2D eigenvalue weighted by Crippen LogP contribution is 2.20. The van der Waals surface area contributed by atoms with Crippen LogP contribution >= 0.6 is 0 Å². The number of hydrogen-bond acceptors (Lipinski definition) is 4. The molecule has 22 heavy (non-hydrogen) atoms. The monoisotopic (exact) mass is 302 g/mol. The smallest absolute Gasteiger partial charge is 0.306 e. The number of nitrogens with one attached hydrogen (secondary N) is 1. The first-order chi connectivity index (χ1) is 10.5. The molecule has 1 aromatic rings. The van der Waals surface area contributed by atoms with Gasteiger partial charge >= 0.3 is 5.97 Å². The van der Waals surface area contributed by atoms with E-state index in [0.717, 1.165) is 12.8 Å². The maximum atomic E-state index is 11.7. The molecule has 0 saturated carbocycles. The van der Waals surface area contributed by atoms with Gasteiger partial charge in [0.2, 0.25) is 5.91 Å². The Bertz CT molecular complexity index is 593. The second-order valence-corrected chi connectivity index (χ2v) is 5.12. The molecule has 0 bridgehead atoms. The minimum Gasteiger partial charge on any atom is -0.456 e. The zero-order valence-corrected chi connectivity index (χ0v) is 12.1. The normalized spacial score (nSPS) is 16.3. The van der Waals surface area contributed by atoms with Gasteiger partial charge in [-0.1, -0.05) is 12.2 Å². The maximum Gasteiger partial charge on any atom is 0.306 e. The summed E-state index contributed by atoms with van der Waals surface area (Å²) < 4.78 is 4.94. The summed E-state index contributed by atoms with van der Waals surface area (Å²) in [4.78, 5) is 34.2. The molecule has 0 fully saturated rings. The minimum atomic E-state index is -0.534. The van der Waals surface area contributed by atoms with Gasteiger partial charge in [-0.3, -0.25) is 14.4 Å². The summed E-state index contributed by atoms with van der Waals surface area (Å²) in [6, 6.07) is 6.14. The van der Waals surface area contributed by atoms with Gasteiger partial charge in [0, 0.05) is 11.3 Å². The molecule has 0 spiro atoms. The van der Waals surface area contributed by atoms with E-state index in [9.17, 15) is 14.4 Å². The fourth-order valence-corrected chi connectivity index (χ4v) is 2.20. The Morgan fingerprint density at radius 3 is 2.55 bits per heavy atom. The highest BCUT2D eigenvalue weighted by atomic mass is 16.5. The standard InChI is InChI=1S/C16H18N2O4/c17-16(21)12-5-7-13(8-6-12)18-14(19)10-22-15(20)9-11-3-1-2-4-11/h1,3,5-8,11H,2,4,9-10H2,(H2,17,21)(H,18,19)/t11-/m0/s1. The number of ether oxygens (including phenoxy) is 1. The number of carbonyl (C=O) groups is 3. The van der Waals surface area contributed by atoms with Crippen LogP contribution in [0.1, 0.15) is 29.6 Å². The lowest BCUT2D eigenvalue weighted by Crippen LogP contribution is -2.21. The summed E-state index contributed by atoms with van der Waals surface area (Å²) >= 11 is 0. The van der Waals surface area contributed by atoms with Gasteiger partial charge in [-0.25, -0.2) is 0 Å². The zero-order valence-electron chi connectivity index (χ0n) is 12.1. The van der Waals surface area contributed by atoms with Crippen LogP contribution in [-0.4, -0.2) is 24.4 Å². The number of allylic oxidation sites excluding steroid dienone is 2. The van der Waals surface area contributed by atoms with E-state index in [4.69, 9.17) is 10.5 Å². The van der Waals surface area contributed by atoms with Gasteiger partial charge in [-0.05, 0) is 43.0 Å². The molecule has 3 N–H and O–H groups in total. The Morgan fingerprint density at radius 1 is 1.23 bits per heavy atom. The molecule has 1 aromatic carbocycles. The first kappa shape index (κ1) is 15.8. The molecular formula is C16H18N2O4. The fourth-order valence-electron chi connectivity index (χ4n) is 2.20. The topological polar surface area (TPSA) is 98.5 Å². The van der Waals surface area contributed by atoms with Gasteiger partial charge in [0.1, 0.15) is 0 Å². The predicted molar refractivity (Wildman–Crippen MR) is 81.0 cm³/mol. The summed E-state index contributed by atoms with van der Waals surface area (Å²) in [5.41, 5.74) is 5.98. The van der Waals surface area contributed by atoms with E-state index in [0.29, 0.717) is 17.7 Å². The summed E-state index contributed by atoms with van der Waals surface area (Å²) in [6.07, 6.45) is 6.28. The number of esters is 1. The van der Waals surface area contributed by atoms with Crippen molar-refractivity contribution in [2.45, 2.75) is 19.3 Å².